The first kappa shape index (κ1) is 12.1. The van der Waals surface area contributed by atoms with Crippen molar-refractivity contribution in [3.63, 3.8) is 0 Å². The van der Waals surface area contributed by atoms with Crippen molar-refractivity contribution < 1.29 is 5.11 Å². The van der Waals surface area contributed by atoms with Gasteiger partial charge >= 0.3 is 5.69 Å². The number of nitrogens with one attached hydrogen (secondary N) is 1. The van der Waals surface area contributed by atoms with Gasteiger partial charge in [0, 0.05) is 9.35 Å². The van der Waals surface area contributed by atoms with Crippen molar-refractivity contribution in [3.8, 4) is 5.88 Å². The Labute approximate surface area is 108 Å². The Hall–Kier alpha value is -1.34. The van der Waals surface area contributed by atoms with Crippen molar-refractivity contribution in [2.45, 2.75) is 13.5 Å². The maximum atomic E-state index is 11.6. The van der Waals surface area contributed by atoms with E-state index in [2.05, 4.69) is 20.9 Å². The third kappa shape index (κ3) is 2.20. The van der Waals surface area contributed by atoms with Crippen molar-refractivity contribution in [2.24, 2.45) is 0 Å². The molecule has 2 aromatic rings. The van der Waals surface area contributed by atoms with E-state index in [1.165, 1.54) is 18.3 Å². The molecule has 0 aliphatic carbocycles. The molecule has 90 valence electrons. The smallest absolute Gasteiger partial charge is 0.331 e. The molecule has 0 unspecified atom stereocenters. The third-order valence-corrected chi connectivity index (χ3v) is 4.30. The minimum atomic E-state index is -0.613. The molecule has 7 heteroatoms. The summed E-state index contributed by atoms with van der Waals surface area (Å²) in [5.41, 5.74) is -1.04. The predicted molar refractivity (Wildman–Crippen MR) is 68.8 cm³/mol. The van der Waals surface area contributed by atoms with E-state index in [1.54, 1.807) is 0 Å². The summed E-state index contributed by atoms with van der Waals surface area (Å²) in [5.74, 6) is -0.293. The third-order valence-electron chi connectivity index (χ3n) is 2.39. The number of nitrogens with zero attached hydrogens (tertiary/aromatic N) is 1. The largest absolute Gasteiger partial charge is 0.494 e. The van der Waals surface area contributed by atoms with Crippen LogP contribution in [0.5, 0.6) is 5.88 Å². The lowest BCUT2D eigenvalue weighted by Gasteiger charge is -2.08. The minimum absolute atomic E-state index is 0.136. The lowest BCUT2D eigenvalue weighted by atomic mass is 10.3. The molecule has 0 atom stereocenters. The van der Waals surface area contributed by atoms with Crippen LogP contribution in [0.3, 0.4) is 0 Å². The second kappa shape index (κ2) is 4.50. The van der Waals surface area contributed by atoms with Crippen molar-refractivity contribution in [1.82, 2.24) is 9.55 Å². The van der Waals surface area contributed by atoms with Gasteiger partial charge in [-0.3, -0.25) is 14.3 Å². The van der Waals surface area contributed by atoms with Gasteiger partial charge in [-0.2, -0.15) is 0 Å². The van der Waals surface area contributed by atoms with Crippen LogP contribution in [0.2, 0.25) is 0 Å². The average Bonchev–Trinajstić information content (AvgIpc) is 2.67. The molecule has 5 nitrogen and oxygen atoms in total. The lowest BCUT2D eigenvalue weighted by Crippen LogP contribution is -2.31. The first-order valence-corrected chi connectivity index (χ1v) is 6.42. The van der Waals surface area contributed by atoms with Gasteiger partial charge in [0.25, 0.3) is 5.56 Å². The number of aromatic nitrogens is 2. The Morgan fingerprint density at radius 2 is 2.24 bits per heavy atom. The molecule has 0 saturated heterocycles. The number of H-pyrrole nitrogens is 1. The molecule has 0 aromatic carbocycles. The maximum Gasteiger partial charge on any atom is 0.331 e. The van der Waals surface area contributed by atoms with Crippen molar-refractivity contribution in [1.29, 1.82) is 0 Å². The number of hydrogen-bond acceptors (Lipinski definition) is 4. The number of thiophene rings is 1. The Morgan fingerprint density at radius 1 is 1.53 bits per heavy atom. The molecule has 0 fully saturated rings. The van der Waals surface area contributed by atoms with E-state index in [9.17, 15) is 14.7 Å². The van der Waals surface area contributed by atoms with Crippen LogP contribution in [0.1, 0.15) is 10.4 Å². The number of halogens is 1. The van der Waals surface area contributed by atoms with E-state index in [4.69, 9.17) is 0 Å². The normalized spacial score (nSPS) is 10.7. The van der Waals surface area contributed by atoms with Crippen LogP contribution < -0.4 is 11.2 Å². The lowest BCUT2D eigenvalue weighted by molar-refractivity contribution is 0.405. The van der Waals surface area contributed by atoms with Crippen LogP contribution in [0, 0.1) is 6.92 Å². The number of rotatable bonds is 2. The van der Waals surface area contributed by atoms with E-state index < -0.39 is 11.2 Å². The summed E-state index contributed by atoms with van der Waals surface area (Å²) in [5, 5.41) is 11.7. The summed E-state index contributed by atoms with van der Waals surface area (Å²) >= 11 is 4.81. The number of hydrogen-bond donors (Lipinski definition) is 2. The molecule has 0 aliphatic heterocycles. The fourth-order valence-corrected chi connectivity index (χ4v) is 2.85. The average molecular weight is 317 g/mol. The van der Waals surface area contributed by atoms with Gasteiger partial charge in [0.2, 0.25) is 5.88 Å². The summed E-state index contributed by atoms with van der Waals surface area (Å²) < 4.78 is 2.01. The van der Waals surface area contributed by atoms with Gasteiger partial charge in [0.05, 0.1) is 12.1 Å². The molecule has 0 radical (unpaired) electrons. The molecule has 2 N–H and O–H groups in total. The SMILES string of the molecule is Cc1c(O)n(Cc2sccc2Br)c(=O)[nH]c1=O. The first-order valence-electron chi connectivity index (χ1n) is 4.75. The highest BCUT2D eigenvalue weighted by molar-refractivity contribution is 9.10. The summed E-state index contributed by atoms with van der Waals surface area (Å²) in [6.07, 6.45) is 0. The van der Waals surface area contributed by atoms with E-state index in [1.807, 2.05) is 11.4 Å². The van der Waals surface area contributed by atoms with Crippen LogP contribution in [-0.4, -0.2) is 14.7 Å². The molecular weight excluding hydrogens is 308 g/mol. The van der Waals surface area contributed by atoms with Crippen LogP contribution >= 0.6 is 27.3 Å². The van der Waals surface area contributed by atoms with Gasteiger partial charge in [-0.25, -0.2) is 4.79 Å². The maximum absolute atomic E-state index is 11.6. The fourth-order valence-electron chi connectivity index (χ4n) is 1.39. The molecular formula is C10H9BrN2O3S. The molecule has 17 heavy (non-hydrogen) atoms. The van der Waals surface area contributed by atoms with Crippen molar-refractivity contribution >= 4 is 27.3 Å². The molecule has 2 rings (SSSR count). The monoisotopic (exact) mass is 316 g/mol. The Morgan fingerprint density at radius 3 is 2.82 bits per heavy atom. The summed E-state index contributed by atoms with van der Waals surface area (Å²) in [7, 11) is 0. The van der Waals surface area contributed by atoms with Crippen LogP contribution in [0.4, 0.5) is 0 Å². The first-order chi connectivity index (χ1) is 8.00. The quantitative estimate of drug-likeness (QED) is 0.880. The highest BCUT2D eigenvalue weighted by Gasteiger charge is 2.12. The minimum Gasteiger partial charge on any atom is -0.494 e. The van der Waals surface area contributed by atoms with Gasteiger partial charge in [-0.15, -0.1) is 11.3 Å². The Balaban J connectivity index is 2.54. The molecule has 0 amide bonds. The van der Waals surface area contributed by atoms with E-state index in [0.29, 0.717) is 0 Å². The van der Waals surface area contributed by atoms with Gasteiger partial charge in [0.1, 0.15) is 0 Å². The number of aromatic amines is 1. The van der Waals surface area contributed by atoms with E-state index in [0.717, 1.165) is 13.9 Å². The topological polar surface area (TPSA) is 75.1 Å². The van der Waals surface area contributed by atoms with Crippen LogP contribution in [-0.2, 0) is 6.54 Å². The van der Waals surface area contributed by atoms with Gasteiger partial charge < -0.3 is 5.11 Å². The molecule has 0 spiro atoms. The highest BCUT2D eigenvalue weighted by Crippen LogP contribution is 2.24. The zero-order chi connectivity index (χ0) is 12.6. The second-order valence-electron chi connectivity index (χ2n) is 3.49. The van der Waals surface area contributed by atoms with E-state index >= 15 is 0 Å². The second-order valence-corrected chi connectivity index (χ2v) is 5.34. The molecule has 0 saturated carbocycles. The molecule has 0 aliphatic rings. The van der Waals surface area contributed by atoms with Crippen LogP contribution in [0.25, 0.3) is 0 Å². The zero-order valence-electron chi connectivity index (χ0n) is 8.86. The van der Waals surface area contributed by atoms with E-state index in [-0.39, 0.29) is 18.0 Å². The Kier molecular flexibility index (Phi) is 3.21. The predicted octanol–water partition coefficient (Wildman–Crippen LogP) is 1.42. The van der Waals surface area contributed by atoms with Gasteiger partial charge in [-0.1, -0.05) is 0 Å². The molecule has 0 bridgehead atoms. The number of aromatic hydroxyl groups is 1. The van der Waals surface area contributed by atoms with Gasteiger partial charge in [-0.05, 0) is 34.3 Å². The fraction of sp³-hybridized carbons (Fsp3) is 0.200. The molecule has 2 aromatic heterocycles. The summed E-state index contributed by atoms with van der Waals surface area (Å²) in [6.45, 7) is 1.69. The summed E-state index contributed by atoms with van der Waals surface area (Å²) in [4.78, 5) is 25.9. The molecule has 2 heterocycles. The zero-order valence-corrected chi connectivity index (χ0v) is 11.3. The standard InChI is InChI=1S/C10H9BrN2O3S/c1-5-8(14)12-10(16)13(9(5)15)4-7-6(11)2-3-17-7/h2-3,15H,4H2,1H3,(H,12,14,16). The van der Waals surface area contributed by atoms with Crippen molar-refractivity contribution in [2.75, 3.05) is 0 Å². The Bertz CT molecular complexity index is 671. The van der Waals surface area contributed by atoms with Crippen LogP contribution in [0.15, 0.2) is 25.5 Å². The highest BCUT2D eigenvalue weighted by atomic mass is 79.9. The van der Waals surface area contributed by atoms with Gasteiger partial charge in [0.15, 0.2) is 0 Å². The summed E-state index contributed by atoms with van der Waals surface area (Å²) in [6, 6.07) is 1.86. The van der Waals surface area contributed by atoms with Crippen molar-refractivity contribution in [3.05, 3.63) is 47.2 Å².